The van der Waals surface area contributed by atoms with Gasteiger partial charge in [-0.3, -0.25) is 9.59 Å². The largest absolute Gasteiger partial charge is 0.356 e. The van der Waals surface area contributed by atoms with E-state index in [1.54, 1.807) is 0 Å². The van der Waals surface area contributed by atoms with Gasteiger partial charge in [0.1, 0.15) is 0 Å². The number of hydrogen-bond donors (Lipinski definition) is 1. The smallest absolute Gasteiger partial charge is 0.225 e. The van der Waals surface area contributed by atoms with Crippen molar-refractivity contribution in [2.75, 3.05) is 19.6 Å². The van der Waals surface area contributed by atoms with Crippen molar-refractivity contribution in [3.05, 3.63) is 48.3 Å². The number of rotatable bonds is 6. The van der Waals surface area contributed by atoms with Crippen LogP contribution in [0.2, 0.25) is 0 Å². The minimum absolute atomic E-state index is 0.00764. The lowest BCUT2D eigenvalue weighted by atomic mass is 9.95. The summed E-state index contributed by atoms with van der Waals surface area (Å²) in [7, 11) is 0. The lowest BCUT2D eigenvalue weighted by Gasteiger charge is -2.32. The average molecular weight is 368 g/mol. The number of carbonyl (C=O) groups excluding carboxylic acids is 2. The highest BCUT2D eigenvalue weighted by molar-refractivity contribution is 5.80. The molecule has 2 aromatic rings. The summed E-state index contributed by atoms with van der Waals surface area (Å²) in [6, 6.07) is 9.96. The molecule has 27 heavy (non-hydrogen) atoms. The Labute approximate surface area is 160 Å². The molecular formula is C21H28N4O2. The minimum Gasteiger partial charge on any atom is -0.356 e. The Morgan fingerprint density at radius 2 is 1.89 bits per heavy atom. The molecule has 1 aliphatic rings. The monoisotopic (exact) mass is 368 g/mol. The van der Waals surface area contributed by atoms with E-state index in [4.69, 9.17) is 0 Å². The third kappa shape index (κ3) is 4.96. The predicted molar refractivity (Wildman–Crippen MR) is 104 cm³/mol. The predicted octanol–water partition coefficient (Wildman–Crippen LogP) is 2.43. The summed E-state index contributed by atoms with van der Waals surface area (Å²) in [4.78, 5) is 26.3. The van der Waals surface area contributed by atoms with Gasteiger partial charge in [-0.05, 0) is 37.0 Å². The molecule has 1 aromatic heterocycles. The van der Waals surface area contributed by atoms with Crippen LogP contribution in [0.3, 0.4) is 0 Å². The second-order valence-corrected chi connectivity index (χ2v) is 7.42. The standard InChI is InChI=1S/C21H28N4O2/c1-16(2)21(27)24-12-9-18(10-13-24)20(26)22-11-8-17-14-23-25(15-17)19-6-4-3-5-7-19/h3-7,14-16,18H,8-13H2,1-2H3,(H,22,26). The quantitative estimate of drug-likeness (QED) is 0.851. The lowest BCUT2D eigenvalue weighted by molar-refractivity contribution is -0.138. The van der Waals surface area contributed by atoms with Crippen molar-refractivity contribution in [3.63, 3.8) is 0 Å². The molecule has 2 heterocycles. The van der Waals surface area contributed by atoms with Crippen molar-refractivity contribution < 1.29 is 9.59 Å². The van der Waals surface area contributed by atoms with Gasteiger partial charge in [0.25, 0.3) is 0 Å². The van der Waals surface area contributed by atoms with E-state index < -0.39 is 0 Å². The average Bonchev–Trinajstić information content (AvgIpc) is 3.17. The van der Waals surface area contributed by atoms with Crippen molar-refractivity contribution in [2.24, 2.45) is 11.8 Å². The molecule has 1 aliphatic heterocycles. The normalized spacial score (nSPS) is 15.1. The van der Waals surface area contributed by atoms with E-state index in [0.29, 0.717) is 19.6 Å². The summed E-state index contributed by atoms with van der Waals surface area (Å²) >= 11 is 0. The molecule has 0 saturated carbocycles. The second kappa shape index (κ2) is 8.84. The Bertz CT molecular complexity index is 761. The van der Waals surface area contributed by atoms with Crippen molar-refractivity contribution in [1.82, 2.24) is 20.0 Å². The van der Waals surface area contributed by atoms with Crippen LogP contribution in [-0.4, -0.2) is 46.1 Å². The van der Waals surface area contributed by atoms with Crippen molar-refractivity contribution in [2.45, 2.75) is 33.1 Å². The molecule has 1 aromatic carbocycles. The lowest BCUT2D eigenvalue weighted by Crippen LogP contribution is -2.44. The van der Waals surface area contributed by atoms with Crippen LogP contribution < -0.4 is 5.32 Å². The summed E-state index contributed by atoms with van der Waals surface area (Å²) < 4.78 is 1.85. The Morgan fingerprint density at radius 3 is 2.56 bits per heavy atom. The number of amides is 2. The van der Waals surface area contributed by atoms with Gasteiger partial charge in [-0.15, -0.1) is 0 Å². The number of para-hydroxylation sites is 1. The molecule has 0 bridgehead atoms. The second-order valence-electron chi connectivity index (χ2n) is 7.42. The van der Waals surface area contributed by atoms with Gasteiger partial charge in [0, 0.05) is 37.7 Å². The number of piperidine rings is 1. The van der Waals surface area contributed by atoms with E-state index >= 15 is 0 Å². The molecule has 6 heteroatoms. The third-order valence-corrected chi connectivity index (χ3v) is 5.04. The van der Waals surface area contributed by atoms with Gasteiger partial charge in [0.15, 0.2) is 0 Å². The molecule has 0 aliphatic carbocycles. The molecular weight excluding hydrogens is 340 g/mol. The summed E-state index contributed by atoms with van der Waals surface area (Å²) in [6.07, 6.45) is 6.09. The fourth-order valence-corrected chi connectivity index (χ4v) is 3.41. The van der Waals surface area contributed by atoms with Crippen LogP contribution in [0.15, 0.2) is 42.7 Å². The maximum absolute atomic E-state index is 12.4. The molecule has 0 radical (unpaired) electrons. The molecule has 3 rings (SSSR count). The number of hydrogen-bond acceptors (Lipinski definition) is 3. The van der Waals surface area contributed by atoms with Gasteiger partial charge in [0.05, 0.1) is 11.9 Å². The highest BCUT2D eigenvalue weighted by Gasteiger charge is 2.27. The number of nitrogens with zero attached hydrogens (tertiary/aromatic N) is 3. The van der Waals surface area contributed by atoms with Gasteiger partial charge in [0.2, 0.25) is 11.8 Å². The summed E-state index contributed by atoms with van der Waals surface area (Å²) in [6.45, 7) is 5.80. The van der Waals surface area contributed by atoms with Crippen LogP contribution in [0.25, 0.3) is 5.69 Å². The number of nitrogens with one attached hydrogen (secondary N) is 1. The number of aromatic nitrogens is 2. The van der Waals surface area contributed by atoms with E-state index in [1.807, 2.05) is 66.2 Å². The van der Waals surface area contributed by atoms with Gasteiger partial charge in [-0.25, -0.2) is 4.68 Å². The molecule has 1 fully saturated rings. The molecule has 2 amide bonds. The zero-order valence-corrected chi connectivity index (χ0v) is 16.1. The Morgan fingerprint density at radius 1 is 1.19 bits per heavy atom. The van der Waals surface area contributed by atoms with Gasteiger partial charge in [-0.1, -0.05) is 32.0 Å². The molecule has 1 N–H and O–H groups in total. The molecule has 0 spiro atoms. The van der Waals surface area contributed by atoms with Crippen LogP contribution in [0, 0.1) is 11.8 Å². The summed E-state index contributed by atoms with van der Waals surface area (Å²) in [5.74, 6) is 0.312. The Hall–Kier alpha value is -2.63. The zero-order chi connectivity index (χ0) is 19.2. The number of carbonyl (C=O) groups is 2. The molecule has 0 atom stereocenters. The first kappa shape index (κ1) is 19.1. The van der Waals surface area contributed by atoms with E-state index in [9.17, 15) is 9.59 Å². The van der Waals surface area contributed by atoms with E-state index in [1.165, 1.54) is 0 Å². The molecule has 0 unspecified atom stereocenters. The van der Waals surface area contributed by atoms with Crippen LogP contribution in [0.5, 0.6) is 0 Å². The number of likely N-dealkylation sites (tertiary alicyclic amines) is 1. The maximum atomic E-state index is 12.4. The van der Waals surface area contributed by atoms with Crippen molar-refractivity contribution in [1.29, 1.82) is 0 Å². The van der Waals surface area contributed by atoms with Crippen LogP contribution in [0.4, 0.5) is 0 Å². The first-order valence-electron chi connectivity index (χ1n) is 9.70. The van der Waals surface area contributed by atoms with Crippen LogP contribution in [-0.2, 0) is 16.0 Å². The Kier molecular flexibility index (Phi) is 6.27. The minimum atomic E-state index is 0.00764. The zero-order valence-electron chi connectivity index (χ0n) is 16.1. The molecule has 6 nitrogen and oxygen atoms in total. The van der Waals surface area contributed by atoms with Gasteiger partial charge >= 0.3 is 0 Å². The summed E-state index contributed by atoms with van der Waals surface area (Å²) in [5.41, 5.74) is 2.12. The van der Waals surface area contributed by atoms with Crippen molar-refractivity contribution in [3.8, 4) is 5.69 Å². The van der Waals surface area contributed by atoms with E-state index in [0.717, 1.165) is 30.5 Å². The number of benzene rings is 1. The van der Waals surface area contributed by atoms with E-state index in [-0.39, 0.29) is 23.7 Å². The topological polar surface area (TPSA) is 67.2 Å². The van der Waals surface area contributed by atoms with Crippen molar-refractivity contribution >= 4 is 11.8 Å². The maximum Gasteiger partial charge on any atom is 0.225 e. The first-order valence-corrected chi connectivity index (χ1v) is 9.70. The van der Waals surface area contributed by atoms with Gasteiger partial charge in [-0.2, -0.15) is 5.10 Å². The fraction of sp³-hybridized carbons (Fsp3) is 0.476. The third-order valence-electron chi connectivity index (χ3n) is 5.04. The van der Waals surface area contributed by atoms with Gasteiger partial charge < -0.3 is 10.2 Å². The highest BCUT2D eigenvalue weighted by Crippen LogP contribution is 2.19. The molecule has 144 valence electrons. The fourth-order valence-electron chi connectivity index (χ4n) is 3.41. The molecule has 1 saturated heterocycles. The van der Waals surface area contributed by atoms with Crippen LogP contribution in [0.1, 0.15) is 32.3 Å². The SMILES string of the molecule is CC(C)C(=O)N1CCC(C(=O)NCCc2cnn(-c3ccccc3)c2)CC1. The van der Waals surface area contributed by atoms with E-state index in [2.05, 4.69) is 10.4 Å². The first-order chi connectivity index (χ1) is 13.0. The summed E-state index contributed by atoms with van der Waals surface area (Å²) in [5, 5.41) is 7.42. The highest BCUT2D eigenvalue weighted by atomic mass is 16.2. The van der Waals surface area contributed by atoms with Crippen LogP contribution >= 0.6 is 0 Å². The Balaban J connectivity index is 1.42.